The van der Waals surface area contributed by atoms with Crippen molar-refractivity contribution in [2.45, 2.75) is 50.9 Å². The Labute approximate surface area is 237 Å². The fraction of sp³-hybridized carbons (Fsp3) is 0.433. The smallest absolute Gasteiger partial charge is 0.371 e. The molecule has 1 saturated heterocycles. The Bertz CT molecular complexity index is 1350. The van der Waals surface area contributed by atoms with Crippen LogP contribution < -0.4 is 9.80 Å². The zero-order valence-corrected chi connectivity index (χ0v) is 23.5. The van der Waals surface area contributed by atoms with E-state index < -0.39 is 11.7 Å². The van der Waals surface area contributed by atoms with Crippen LogP contribution in [0.4, 0.5) is 24.5 Å². The molecule has 2 aromatic carbocycles. The average molecular weight is 572 g/mol. The SMILES string of the molecule is CN(C)C1CCN(c2ccc(CC(=O)c3cc4c(nn3)CCCN4Cc3cc(Cl)ccc3C(F)(F)F)cc2)CC1. The lowest BCUT2D eigenvalue weighted by atomic mass is 10.0. The standard InChI is InChI=1S/C30H33ClF3N5O/c1-37(2)23-11-14-38(15-12-23)24-8-5-20(6-9-24)16-29(40)27-18-28-26(35-36-27)4-3-13-39(28)19-21-17-22(31)7-10-25(21)30(32,33)34/h5-10,17-18,23H,3-4,11-16,19H2,1-2H3. The number of benzene rings is 2. The highest BCUT2D eigenvalue weighted by Gasteiger charge is 2.34. The van der Waals surface area contributed by atoms with Crippen molar-refractivity contribution in [3.63, 3.8) is 0 Å². The number of alkyl halides is 3. The van der Waals surface area contributed by atoms with Crippen LogP contribution in [0.15, 0.2) is 48.5 Å². The normalized spacial score (nSPS) is 16.4. The van der Waals surface area contributed by atoms with Gasteiger partial charge >= 0.3 is 6.18 Å². The number of hydrogen-bond acceptors (Lipinski definition) is 6. The fourth-order valence-electron chi connectivity index (χ4n) is 5.63. The van der Waals surface area contributed by atoms with E-state index in [4.69, 9.17) is 11.6 Å². The lowest BCUT2D eigenvalue weighted by Gasteiger charge is -2.36. The molecule has 0 N–H and O–H groups in total. The second kappa shape index (κ2) is 11.7. The quantitative estimate of drug-likeness (QED) is 0.322. The van der Waals surface area contributed by atoms with E-state index in [1.165, 1.54) is 12.1 Å². The third-order valence-corrected chi connectivity index (χ3v) is 8.15. The van der Waals surface area contributed by atoms with Crippen LogP contribution in [0.3, 0.4) is 0 Å². The molecule has 0 amide bonds. The summed E-state index contributed by atoms with van der Waals surface area (Å²) >= 11 is 6.04. The van der Waals surface area contributed by atoms with Gasteiger partial charge in [0.1, 0.15) is 5.69 Å². The second-order valence-corrected chi connectivity index (χ2v) is 11.3. The molecule has 0 unspecified atom stereocenters. The van der Waals surface area contributed by atoms with Gasteiger partial charge in [0.05, 0.1) is 16.9 Å². The van der Waals surface area contributed by atoms with Crippen molar-refractivity contribution in [1.29, 1.82) is 0 Å². The van der Waals surface area contributed by atoms with Crippen molar-refractivity contribution in [2.75, 3.05) is 43.5 Å². The fourth-order valence-corrected chi connectivity index (χ4v) is 5.83. The molecule has 0 spiro atoms. The van der Waals surface area contributed by atoms with E-state index in [0.29, 0.717) is 30.4 Å². The maximum atomic E-state index is 13.6. The minimum Gasteiger partial charge on any atom is -0.371 e. The molecule has 0 radical (unpaired) electrons. The second-order valence-electron chi connectivity index (χ2n) is 10.8. The maximum absolute atomic E-state index is 13.6. The highest BCUT2D eigenvalue weighted by Crippen LogP contribution is 2.36. The predicted octanol–water partition coefficient (Wildman–Crippen LogP) is 6.06. The van der Waals surface area contributed by atoms with Crippen LogP contribution in [0, 0.1) is 0 Å². The summed E-state index contributed by atoms with van der Waals surface area (Å²) in [5, 5.41) is 8.70. The van der Waals surface area contributed by atoms with Crippen LogP contribution in [-0.4, -0.2) is 60.7 Å². The Hall–Kier alpha value is -3.17. The predicted molar refractivity (Wildman–Crippen MR) is 151 cm³/mol. The van der Waals surface area contributed by atoms with Gasteiger partial charge in [-0.2, -0.15) is 18.3 Å². The van der Waals surface area contributed by atoms with Crippen molar-refractivity contribution in [1.82, 2.24) is 15.1 Å². The minimum absolute atomic E-state index is 0.00891. The molecule has 3 heterocycles. The Balaban J connectivity index is 1.29. The summed E-state index contributed by atoms with van der Waals surface area (Å²) in [6, 6.07) is 14.0. The Morgan fingerprint density at radius 2 is 1.75 bits per heavy atom. The van der Waals surface area contributed by atoms with Crippen molar-refractivity contribution in [3.8, 4) is 0 Å². The molecule has 2 aliphatic rings. The van der Waals surface area contributed by atoms with Gasteiger partial charge in [0.2, 0.25) is 0 Å². The van der Waals surface area contributed by atoms with E-state index in [0.717, 1.165) is 49.7 Å². The maximum Gasteiger partial charge on any atom is 0.416 e. The topological polar surface area (TPSA) is 52.6 Å². The molecule has 6 nitrogen and oxygen atoms in total. The molecule has 40 heavy (non-hydrogen) atoms. The van der Waals surface area contributed by atoms with Crippen LogP contribution in [-0.2, 0) is 25.6 Å². The van der Waals surface area contributed by atoms with Gasteiger partial charge in [-0.25, -0.2) is 0 Å². The van der Waals surface area contributed by atoms with Gasteiger partial charge in [0.25, 0.3) is 0 Å². The number of ketones is 1. The van der Waals surface area contributed by atoms with E-state index >= 15 is 0 Å². The summed E-state index contributed by atoms with van der Waals surface area (Å²) < 4.78 is 40.9. The number of anilines is 2. The van der Waals surface area contributed by atoms with E-state index in [-0.39, 0.29) is 35.0 Å². The highest BCUT2D eigenvalue weighted by molar-refractivity contribution is 6.30. The van der Waals surface area contributed by atoms with Crippen LogP contribution >= 0.6 is 11.6 Å². The summed E-state index contributed by atoms with van der Waals surface area (Å²) in [4.78, 5) is 19.7. The van der Waals surface area contributed by atoms with Gasteiger partial charge in [-0.1, -0.05) is 23.7 Å². The van der Waals surface area contributed by atoms with Crippen molar-refractivity contribution >= 4 is 28.8 Å². The molecule has 1 aromatic heterocycles. The van der Waals surface area contributed by atoms with E-state index in [1.54, 1.807) is 6.07 Å². The molecular formula is C30H33ClF3N5O. The zero-order valence-electron chi connectivity index (χ0n) is 22.7. The summed E-state index contributed by atoms with van der Waals surface area (Å²) in [7, 11) is 4.25. The number of aryl methyl sites for hydroxylation is 1. The lowest BCUT2D eigenvalue weighted by Crippen LogP contribution is -2.41. The van der Waals surface area contributed by atoms with Crippen molar-refractivity contribution in [3.05, 3.63) is 81.6 Å². The molecule has 0 bridgehead atoms. The lowest BCUT2D eigenvalue weighted by molar-refractivity contribution is -0.138. The first-order valence-electron chi connectivity index (χ1n) is 13.6. The Morgan fingerprint density at radius 1 is 1.02 bits per heavy atom. The third kappa shape index (κ3) is 6.41. The first kappa shape index (κ1) is 28.4. The number of carbonyl (C=O) groups excluding carboxylic acids is 1. The molecule has 1 fully saturated rings. The minimum atomic E-state index is -4.49. The summed E-state index contributed by atoms with van der Waals surface area (Å²) in [6.45, 7) is 2.56. The molecule has 3 aromatic rings. The molecule has 2 aliphatic heterocycles. The largest absolute Gasteiger partial charge is 0.416 e. The van der Waals surface area contributed by atoms with Crippen molar-refractivity contribution < 1.29 is 18.0 Å². The van der Waals surface area contributed by atoms with Gasteiger partial charge in [-0.15, -0.1) is 5.10 Å². The number of fused-ring (bicyclic) bond motifs is 1. The van der Waals surface area contributed by atoms with Gasteiger partial charge in [-0.05, 0) is 87.3 Å². The molecule has 10 heteroatoms. The number of piperidine rings is 1. The average Bonchev–Trinajstić information content (AvgIpc) is 2.93. The number of Topliss-reactive ketones (excluding diaryl/α,β-unsaturated/α-hetero) is 1. The molecule has 0 saturated carbocycles. The van der Waals surface area contributed by atoms with E-state index in [2.05, 4.69) is 46.2 Å². The van der Waals surface area contributed by atoms with Gasteiger partial charge in [0, 0.05) is 49.4 Å². The number of aromatic nitrogens is 2. The molecular weight excluding hydrogens is 539 g/mol. The van der Waals surface area contributed by atoms with Crippen molar-refractivity contribution in [2.24, 2.45) is 0 Å². The molecule has 0 atom stereocenters. The van der Waals surface area contributed by atoms with Crippen LogP contribution in [0.1, 0.15) is 52.1 Å². The number of rotatable bonds is 7. The first-order chi connectivity index (χ1) is 19.1. The van der Waals surface area contributed by atoms with Gasteiger partial charge in [-0.3, -0.25) is 4.79 Å². The van der Waals surface area contributed by atoms with Crippen LogP contribution in [0.25, 0.3) is 0 Å². The number of hydrogen-bond donors (Lipinski definition) is 0. The monoisotopic (exact) mass is 571 g/mol. The van der Waals surface area contributed by atoms with Gasteiger partial charge in [0.15, 0.2) is 5.78 Å². The number of nitrogens with zero attached hydrogens (tertiary/aromatic N) is 5. The Kier molecular flexibility index (Phi) is 8.33. The van der Waals surface area contributed by atoms with Crippen LogP contribution in [0.5, 0.6) is 0 Å². The summed E-state index contributed by atoms with van der Waals surface area (Å²) in [5.74, 6) is -0.181. The molecule has 0 aliphatic carbocycles. The van der Waals surface area contributed by atoms with E-state index in [1.807, 2.05) is 17.0 Å². The van der Waals surface area contributed by atoms with Gasteiger partial charge < -0.3 is 14.7 Å². The number of carbonyl (C=O) groups is 1. The molecule has 212 valence electrons. The number of halogens is 4. The van der Waals surface area contributed by atoms with Crippen LogP contribution in [0.2, 0.25) is 5.02 Å². The Morgan fingerprint density at radius 3 is 2.42 bits per heavy atom. The summed E-state index contributed by atoms with van der Waals surface area (Å²) in [6.07, 6.45) is -0.693. The van der Waals surface area contributed by atoms with E-state index in [9.17, 15) is 18.0 Å². The zero-order chi connectivity index (χ0) is 28.4. The first-order valence-corrected chi connectivity index (χ1v) is 14.0. The molecule has 5 rings (SSSR count). The highest BCUT2D eigenvalue weighted by atomic mass is 35.5. The summed E-state index contributed by atoms with van der Waals surface area (Å²) in [5.41, 5.74) is 2.94. The third-order valence-electron chi connectivity index (χ3n) is 7.91.